The average Bonchev–Trinajstić information content (AvgIpc) is 1.97. The zero-order valence-corrected chi connectivity index (χ0v) is 7.16. The Hall–Kier alpha value is -0.275. The molecular formula is C8H17BO2. The second kappa shape index (κ2) is 6.44. The minimum Gasteiger partial charge on any atom is -0.427 e. The average molecular weight is 156 g/mol. The van der Waals surface area contributed by atoms with Gasteiger partial charge in [-0.2, -0.15) is 0 Å². The second-order valence-corrected chi connectivity index (χ2v) is 2.96. The summed E-state index contributed by atoms with van der Waals surface area (Å²) in [5.41, 5.74) is 0. The number of hydrogen-bond acceptors (Lipinski definition) is 2. The molecular weight excluding hydrogens is 139 g/mol. The topological polar surface area (TPSA) is 40.5 Å². The van der Waals surface area contributed by atoms with Gasteiger partial charge in [0.2, 0.25) is 0 Å². The first kappa shape index (κ1) is 10.7. The highest BCUT2D eigenvalue weighted by atomic mass is 16.4. The molecule has 11 heavy (non-hydrogen) atoms. The molecule has 1 unspecified atom stereocenters. The van der Waals surface area contributed by atoms with Gasteiger partial charge in [-0.3, -0.25) is 0 Å². The van der Waals surface area contributed by atoms with E-state index in [0.717, 1.165) is 25.7 Å². The summed E-state index contributed by atoms with van der Waals surface area (Å²) < 4.78 is 0. The van der Waals surface area contributed by atoms with E-state index >= 15 is 0 Å². The number of hydrogen-bond donors (Lipinski definition) is 2. The van der Waals surface area contributed by atoms with Crippen LogP contribution >= 0.6 is 0 Å². The van der Waals surface area contributed by atoms with Gasteiger partial charge in [-0.15, -0.1) is 6.58 Å². The Morgan fingerprint density at radius 1 is 1.45 bits per heavy atom. The maximum absolute atomic E-state index is 8.71. The molecule has 0 bridgehead atoms. The Labute approximate surface area is 69.1 Å². The van der Waals surface area contributed by atoms with Gasteiger partial charge in [0.1, 0.15) is 0 Å². The highest BCUT2D eigenvalue weighted by Gasteiger charge is 2.16. The third kappa shape index (κ3) is 6.14. The summed E-state index contributed by atoms with van der Waals surface area (Å²) in [4.78, 5) is 0. The van der Waals surface area contributed by atoms with Crippen molar-refractivity contribution in [3.05, 3.63) is 12.7 Å². The van der Waals surface area contributed by atoms with Crippen LogP contribution in [0, 0.1) is 0 Å². The summed E-state index contributed by atoms with van der Waals surface area (Å²) in [6.07, 6.45) is 5.94. The van der Waals surface area contributed by atoms with Crippen LogP contribution in [0.5, 0.6) is 0 Å². The highest BCUT2D eigenvalue weighted by Crippen LogP contribution is 2.15. The molecule has 64 valence electrons. The quantitative estimate of drug-likeness (QED) is 0.348. The van der Waals surface area contributed by atoms with Crippen LogP contribution in [0.25, 0.3) is 0 Å². The van der Waals surface area contributed by atoms with E-state index < -0.39 is 7.12 Å². The molecule has 0 amide bonds. The fourth-order valence-corrected chi connectivity index (χ4v) is 0.904. The first-order chi connectivity index (χ1) is 5.18. The fourth-order valence-electron chi connectivity index (χ4n) is 0.904. The van der Waals surface area contributed by atoms with Crippen molar-refractivity contribution < 1.29 is 10.0 Å². The molecule has 0 saturated heterocycles. The number of allylic oxidation sites excluding steroid dienone is 1. The van der Waals surface area contributed by atoms with Crippen LogP contribution < -0.4 is 0 Å². The molecule has 2 nitrogen and oxygen atoms in total. The Kier molecular flexibility index (Phi) is 6.28. The van der Waals surface area contributed by atoms with Gasteiger partial charge in [0.25, 0.3) is 0 Å². The van der Waals surface area contributed by atoms with E-state index in [4.69, 9.17) is 10.0 Å². The van der Waals surface area contributed by atoms with Gasteiger partial charge >= 0.3 is 7.12 Å². The van der Waals surface area contributed by atoms with Crippen LogP contribution in [0.15, 0.2) is 12.7 Å². The van der Waals surface area contributed by atoms with E-state index in [1.54, 1.807) is 0 Å². The molecule has 0 fully saturated rings. The third-order valence-electron chi connectivity index (χ3n) is 1.83. The van der Waals surface area contributed by atoms with E-state index in [9.17, 15) is 0 Å². The molecule has 1 atom stereocenters. The minimum absolute atomic E-state index is 0.000171. The lowest BCUT2D eigenvalue weighted by atomic mass is 9.71. The van der Waals surface area contributed by atoms with E-state index in [0.29, 0.717) is 0 Å². The highest BCUT2D eigenvalue weighted by molar-refractivity contribution is 6.42. The molecule has 0 aromatic heterocycles. The molecule has 0 radical (unpaired) electrons. The normalized spacial score (nSPS) is 12.6. The van der Waals surface area contributed by atoms with E-state index in [-0.39, 0.29) is 5.82 Å². The lowest BCUT2D eigenvalue weighted by Gasteiger charge is -2.07. The van der Waals surface area contributed by atoms with Crippen molar-refractivity contribution in [3.8, 4) is 0 Å². The molecule has 0 rings (SSSR count). The lowest BCUT2D eigenvalue weighted by Crippen LogP contribution is -2.17. The molecule has 0 aliphatic carbocycles. The zero-order chi connectivity index (χ0) is 8.69. The summed E-state index contributed by atoms with van der Waals surface area (Å²) in [5.74, 6) is -0.000171. The molecule has 0 spiro atoms. The van der Waals surface area contributed by atoms with Crippen LogP contribution in [0.1, 0.15) is 32.6 Å². The maximum Gasteiger partial charge on any atom is 0.454 e. The lowest BCUT2D eigenvalue weighted by molar-refractivity contribution is 0.381. The van der Waals surface area contributed by atoms with Crippen molar-refractivity contribution in [1.29, 1.82) is 0 Å². The smallest absolute Gasteiger partial charge is 0.427 e. The van der Waals surface area contributed by atoms with Crippen LogP contribution in [0.4, 0.5) is 0 Å². The number of unbranched alkanes of at least 4 members (excludes halogenated alkanes) is 2. The summed E-state index contributed by atoms with van der Waals surface area (Å²) in [5, 5.41) is 17.4. The molecule has 0 aromatic rings. The zero-order valence-electron chi connectivity index (χ0n) is 7.16. The first-order valence-electron chi connectivity index (χ1n) is 4.15. The molecule has 0 heterocycles. The predicted octanol–water partition coefficient (Wildman–Crippen LogP) is 1.60. The molecule has 0 aliphatic heterocycles. The Balaban J connectivity index is 3.17. The van der Waals surface area contributed by atoms with Crippen molar-refractivity contribution in [2.24, 2.45) is 0 Å². The van der Waals surface area contributed by atoms with Gasteiger partial charge in [-0.05, 0) is 18.7 Å². The molecule has 0 aliphatic rings. The summed E-state index contributed by atoms with van der Waals surface area (Å²) in [6.45, 7) is 5.46. The maximum atomic E-state index is 8.71. The van der Waals surface area contributed by atoms with Crippen LogP contribution in [0.3, 0.4) is 0 Å². The summed E-state index contributed by atoms with van der Waals surface area (Å²) in [7, 11) is -1.15. The molecule has 0 aromatic carbocycles. The van der Waals surface area contributed by atoms with E-state index in [1.807, 2.05) is 13.0 Å². The van der Waals surface area contributed by atoms with Gasteiger partial charge in [0.05, 0.1) is 0 Å². The summed E-state index contributed by atoms with van der Waals surface area (Å²) >= 11 is 0. The standard InChI is InChI=1S/C8H17BO2/c1-3-4-5-6-7-8(2)9(10)11/h3,8,10-11H,1,4-7H2,2H3. The van der Waals surface area contributed by atoms with Gasteiger partial charge in [-0.1, -0.05) is 25.8 Å². The second-order valence-electron chi connectivity index (χ2n) is 2.96. The van der Waals surface area contributed by atoms with E-state index in [1.165, 1.54) is 0 Å². The summed E-state index contributed by atoms with van der Waals surface area (Å²) in [6, 6.07) is 0. The van der Waals surface area contributed by atoms with Crippen molar-refractivity contribution in [2.75, 3.05) is 0 Å². The Morgan fingerprint density at radius 2 is 2.09 bits per heavy atom. The Morgan fingerprint density at radius 3 is 2.55 bits per heavy atom. The number of rotatable bonds is 6. The van der Waals surface area contributed by atoms with Gasteiger partial charge in [-0.25, -0.2) is 0 Å². The minimum atomic E-state index is -1.15. The first-order valence-corrected chi connectivity index (χ1v) is 4.15. The Bertz CT molecular complexity index is 104. The van der Waals surface area contributed by atoms with Crippen molar-refractivity contribution in [3.63, 3.8) is 0 Å². The van der Waals surface area contributed by atoms with Crippen LogP contribution in [0.2, 0.25) is 5.82 Å². The van der Waals surface area contributed by atoms with Gasteiger partial charge < -0.3 is 10.0 Å². The van der Waals surface area contributed by atoms with Crippen molar-refractivity contribution in [2.45, 2.75) is 38.4 Å². The SMILES string of the molecule is C=CCCCCC(C)B(O)O. The monoisotopic (exact) mass is 156 g/mol. The van der Waals surface area contributed by atoms with Crippen LogP contribution in [-0.2, 0) is 0 Å². The van der Waals surface area contributed by atoms with Gasteiger partial charge in [0, 0.05) is 0 Å². The molecule has 0 saturated carbocycles. The molecule has 2 N–H and O–H groups in total. The van der Waals surface area contributed by atoms with Crippen molar-refractivity contribution >= 4 is 7.12 Å². The fraction of sp³-hybridized carbons (Fsp3) is 0.750. The third-order valence-corrected chi connectivity index (χ3v) is 1.83. The largest absolute Gasteiger partial charge is 0.454 e. The predicted molar refractivity (Wildman–Crippen MR) is 48.3 cm³/mol. The van der Waals surface area contributed by atoms with E-state index in [2.05, 4.69) is 6.58 Å². The van der Waals surface area contributed by atoms with Crippen molar-refractivity contribution in [1.82, 2.24) is 0 Å². The molecule has 3 heteroatoms. The van der Waals surface area contributed by atoms with Gasteiger partial charge in [0.15, 0.2) is 0 Å². The van der Waals surface area contributed by atoms with Crippen LogP contribution in [-0.4, -0.2) is 17.2 Å².